The van der Waals surface area contributed by atoms with Gasteiger partial charge in [0.15, 0.2) is 0 Å². The predicted molar refractivity (Wildman–Crippen MR) is 98.1 cm³/mol. The van der Waals surface area contributed by atoms with E-state index in [4.69, 9.17) is 5.73 Å². The van der Waals surface area contributed by atoms with Crippen LogP contribution in [0.4, 0.5) is 0 Å². The van der Waals surface area contributed by atoms with Crippen LogP contribution in [-0.2, 0) is 6.54 Å². The first-order valence-electron chi connectivity index (χ1n) is 8.09. The van der Waals surface area contributed by atoms with Crippen molar-refractivity contribution in [2.24, 2.45) is 5.73 Å². The average molecular weight is 318 g/mol. The maximum atomic E-state index is 12.0. The van der Waals surface area contributed by atoms with Crippen LogP contribution in [0.15, 0.2) is 54.6 Å². The highest BCUT2D eigenvalue weighted by atomic mass is 16.1. The van der Waals surface area contributed by atoms with Crippen molar-refractivity contribution in [2.75, 3.05) is 0 Å². The molecular formula is C21H22N2O. The van der Waals surface area contributed by atoms with E-state index in [1.54, 1.807) is 0 Å². The number of rotatable bonds is 4. The number of carbonyl (C=O) groups excluding carboxylic acids is 1. The van der Waals surface area contributed by atoms with Gasteiger partial charge in [-0.2, -0.15) is 0 Å². The van der Waals surface area contributed by atoms with E-state index in [0.29, 0.717) is 12.1 Å². The molecular weight excluding hydrogens is 296 g/mol. The lowest BCUT2D eigenvalue weighted by Crippen LogP contribution is -2.13. The van der Waals surface area contributed by atoms with Gasteiger partial charge in [0.25, 0.3) is 5.91 Å². The van der Waals surface area contributed by atoms with Crippen molar-refractivity contribution < 1.29 is 4.79 Å². The first-order chi connectivity index (χ1) is 11.5. The maximum absolute atomic E-state index is 12.0. The van der Waals surface area contributed by atoms with Gasteiger partial charge in [0.2, 0.25) is 0 Å². The molecule has 0 aliphatic rings. The first-order valence-corrected chi connectivity index (χ1v) is 8.09. The Balaban J connectivity index is 2.20. The molecule has 3 rings (SSSR count). The van der Waals surface area contributed by atoms with Gasteiger partial charge >= 0.3 is 0 Å². The van der Waals surface area contributed by atoms with Crippen LogP contribution >= 0.6 is 0 Å². The molecule has 0 aliphatic carbocycles. The summed E-state index contributed by atoms with van der Waals surface area (Å²) >= 11 is 0. The molecule has 2 aromatic carbocycles. The molecule has 0 atom stereocenters. The fourth-order valence-electron chi connectivity index (χ4n) is 3.42. The van der Waals surface area contributed by atoms with E-state index in [1.165, 1.54) is 11.1 Å². The Morgan fingerprint density at radius 2 is 1.71 bits per heavy atom. The fraction of sp³-hybridized carbons (Fsp3) is 0.190. The molecule has 122 valence electrons. The first kappa shape index (κ1) is 16.1. The van der Waals surface area contributed by atoms with Crippen LogP contribution in [-0.4, -0.2) is 10.5 Å². The number of carbonyl (C=O) groups is 1. The van der Waals surface area contributed by atoms with Crippen LogP contribution in [0, 0.1) is 20.8 Å². The Morgan fingerprint density at radius 3 is 2.33 bits per heavy atom. The summed E-state index contributed by atoms with van der Waals surface area (Å²) in [6, 6.07) is 18.6. The van der Waals surface area contributed by atoms with E-state index in [0.717, 1.165) is 22.5 Å². The number of primary amides is 1. The Hall–Kier alpha value is -2.81. The quantitative estimate of drug-likeness (QED) is 0.769. The van der Waals surface area contributed by atoms with Crippen molar-refractivity contribution >= 4 is 5.91 Å². The number of hydrogen-bond acceptors (Lipinski definition) is 1. The number of nitrogens with two attached hydrogens (primary N) is 1. The third-order valence-corrected chi connectivity index (χ3v) is 4.48. The highest BCUT2D eigenvalue weighted by Gasteiger charge is 2.21. The van der Waals surface area contributed by atoms with Gasteiger partial charge in [0.1, 0.15) is 0 Å². The van der Waals surface area contributed by atoms with Crippen molar-refractivity contribution in [1.82, 2.24) is 4.57 Å². The van der Waals surface area contributed by atoms with Crippen molar-refractivity contribution in [2.45, 2.75) is 27.3 Å². The molecule has 0 spiro atoms. The van der Waals surface area contributed by atoms with Crippen LogP contribution in [0.1, 0.15) is 32.7 Å². The normalized spacial score (nSPS) is 10.8. The zero-order chi connectivity index (χ0) is 17.3. The highest BCUT2D eigenvalue weighted by molar-refractivity contribution is 5.98. The Labute approximate surface area is 142 Å². The van der Waals surface area contributed by atoms with Crippen LogP contribution < -0.4 is 5.73 Å². The molecule has 0 bridgehead atoms. The predicted octanol–water partition coefficient (Wildman–Crippen LogP) is 4.23. The van der Waals surface area contributed by atoms with E-state index in [9.17, 15) is 4.79 Å². The lowest BCUT2D eigenvalue weighted by Gasteiger charge is -2.13. The molecule has 1 aromatic heterocycles. The molecule has 3 nitrogen and oxygen atoms in total. The minimum atomic E-state index is -0.370. The topological polar surface area (TPSA) is 48.0 Å². The van der Waals surface area contributed by atoms with Gasteiger partial charge in [0, 0.05) is 12.2 Å². The summed E-state index contributed by atoms with van der Waals surface area (Å²) in [5, 5.41) is 0. The number of aryl methyl sites for hydroxylation is 1. The molecule has 3 heteroatoms. The van der Waals surface area contributed by atoms with Gasteiger partial charge in [0.05, 0.1) is 11.3 Å². The Kier molecular flexibility index (Phi) is 4.26. The molecule has 0 fully saturated rings. The van der Waals surface area contributed by atoms with E-state index in [1.807, 2.05) is 32.0 Å². The van der Waals surface area contributed by atoms with Crippen LogP contribution in [0.5, 0.6) is 0 Å². The molecule has 24 heavy (non-hydrogen) atoms. The van der Waals surface area contributed by atoms with Crippen LogP contribution in [0.3, 0.4) is 0 Å². The van der Waals surface area contributed by atoms with Gasteiger partial charge < -0.3 is 10.3 Å². The van der Waals surface area contributed by atoms with Gasteiger partial charge in [-0.1, -0.05) is 60.2 Å². The Morgan fingerprint density at radius 1 is 1.00 bits per heavy atom. The van der Waals surface area contributed by atoms with Crippen molar-refractivity contribution in [3.8, 4) is 11.3 Å². The molecule has 1 amide bonds. The van der Waals surface area contributed by atoms with Crippen molar-refractivity contribution in [3.05, 3.63) is 82.5 Å². The molecule has 0 saturated heterocycles. The standard InChI is InChI=1S/C21H22N2O/c1-14-8-7-9-17(12-14)13-23-16(3)19(21(22)24)15(2)20(23)18-10-5-4-6-11-18/h4-12H,13H2,1-3H3,(H2,22,24). The minimum Gasteiger partial charge on any atom is -0.366 e. The van der Waals surface area contributed by atoms with Crippen molar-refractivity contribution in [3.63, 3.8) is 0 Å². The fourth-order valence-corrected chi connectivity index (χ4v) is 3.42. The van der Waals surface area contributed by atoms with E-state index in [2.05, 4.69) is 47.9 Å². The number of hydrogen-bond donors (Lipinski definition) is 1. The van der Waals surface area contributed by atoms with Gasteiger partial charge in [-0.05, 0) is 37.5 Å². The lowest BCUT2D eigenvalue weighted by atomic mass is 10.0. The molecule has 0 radical (unpaired) electrons. The second-order valence-corrected chi connectivity index (χ2v) is 6.24. The summed E-state index contributed by atoms with van der Waals surface area (Å²) in [6.45, 7) is 6.74. The maximum Gasteiger partial charge on any atom is 0.250 e. The summed E-state index contributed by atoms with van der Waals surface area (Å²) in [5.41, 5.74) is 12.7. The van der Waals surface area contributed by atoms with Crippen LogP contribution in [0.2, 0.25) is 0 Å². The van der Waals surface area contributed by atoms with Crippen molar-refractivity contribution in [1.29, 1.82) is 0 Å². The van der Waals surface area contributed by atoms with Crippen LogP contribution in [0.25, 0.3) is 11.3 Å². The smallest absolute Gasteiger partial charge is 0.250 e. The number of aromatic nitrogens is 1. The molecule has 0 unspecified atom stereocenters. The summed E-state index contributed by atoms with van der Waals surface area (Å²) in [7, 11) is 0. The van der Waals surface area contributed by atoms with Gasteiger partial charge in [-0.3, -0.25) is 4.79 Å². The Bertz CT molecular complexity index is 892. The summed E-state index contributed by atoms with van der Waals surface area (Å²) in [6.07, 6.45) is 0. The number of amides is 1. The van der Waals surface area contributed by atoms with Gasteiger partial charge in [-0.15, -0.1) is 0 Å². The number of nitrogens with zero attached hydrogens (tertiary/aromatic N) is 1. The largest absolute Gasteiger partial charge is 0.366 e. The average Bonchev–Trinajstić information content (AvgIpc) is 2.79. The third-order valence-electron chi connectivity index (χ3n) is 4.48. The number of benzene rings is 2. The molecule has 2 N–H and O–H groups in total. The summed E-state index contributed by atoms with van der Waals surface area (Å²) in [5.74, 6) is -0.370. The zero-order valence-electron chi connectivity index (χ0n) is 14.3. The van der Waals surface area contributed by atoms with Gasteiger partial charge in [-0.25, -0.2) is 0 Å². The van der Waals surface area contributed by atoms with E-state index in [-0.39, 0.29) is 5.91 Å². The van der Waals surface area contributed by atoms with E-state index >= 15 is 0 Å². The highest BCUT2D eigenvalue weighted by Crippen LogP contribution is 2.31. The summed E-state index contributed by atoms with van der Waals surface area (Å²) in [4.78, 5) is 12.0. The minimum absolute atomic E-state index is 0.370. The third kappa shape index (κ3) is 2.85. The van der Waals surface area contributed by atoms with E-state index < -0.39 is 0 Å². The SMILES string of the molecule is Cc1cccc(Cn2c(C)c(C(N)=O)c(C)c2-c2ccccc2)c1. The molecule has 0 saturated carbocycles. The molecule has 1 heterocycles. The summed E-state index contributed by atoms with van der Waals surface area (Å²) < 4.78 is 2.19. The lowest BCUT2D eigenvalue weighted by molar-refractivity contribution is 0.0999. The zero-order valence-corrected chi connectivity index (χ0v) is 14.3. The second kappa shape index (κ2) is 6.36. The monoisotopic (exact) mass is 318 g/mol. The second-order valence-electron chi connectivity index (χ2n) is 6.24. The molecule has 3 aromatic rings. The molecule has 0 aliphatic heterocycles.